The fourth-order valence-corrected chi connectivity index (χ4v) is 6.47. The van der Waals surface area contributed by atoms with Gasteiger partial charge in [-0.25, -0.2) is 0 Å². The minimum Gasteiger partial charge on any atom is -0.466 e. The molecule has 3 rings (SSSR count). The summed E-state index contributed by atoms with van der Waals surface area (Å²) in [6.45, 7) is 7.49. The van der Waals surface area contributed by atoms with Crippen molar-refractivity contribution < 1.29 is 29.3 Å². The number of ether oxygens (including phenoxy) is 2. The van der Waals surface area contributed by atoms with Crippen LogP contribution in [0.5, 0.6) is 0 Å². The van der Waals surface area contributed by atoms with E-state index in [1.807, 2.05) is 0 Å². The fraction of sp³-hybridized carbons (Fsp3) is 0.909. The van der Waals surface area contributed by atoms with Crippen LogP contribution in [0.25, 0.3) is 0 Å². The van der Waals surface area contributed by atoms with Crippen molar-refractivity contribution in [1.29, 1.82) is 0 Å². The Balaban J connectivity index is 1.91. The summed E-state index contributed by atoms with van der Waals surface area (Å²) >= 11 is 0. The third-order valence-corrected chi connectivity index (χ3v) is 8.29. The van der Waals surface area contributed by atoms with Gasteiger partial charge >= 0.3 is 11.9 Å². The standard InChI is InChI=1S/C22H36O6/c1-13(23)27-12-15-11-16(25)7-9-21(15,3)18-8-10-22(4)17(5-6-19(22)26)20(18)28-14(2)24/h15-20,25-26H,5-12H2,1-4H3/t15-,16-,17?,18?,19?,20+,21+,22+/m1/s1. The van der Waals surface area contributed by atoms with Crippen LogP contribution < -0.4 is 0 Å². The molecule has 0 radical (unpaired) electrons. The summed E-state index contributed by atoms with van der Waals surface area (Å²) in [6, 6.07) is 0. The van der Waals surface area contributed by atoms with E-state index in [0.29, 0.717) is 12.8 Å². The molecule has 0 heterocycles. The molecule has 3 saturated carbocycles. The van der Waals surface area contributed by atoms with Crippen molar-refractivity contribution in [2.75, 3.05) is 6.61 Å². The van der Waals surface area contributed by atoms with E-state index in [1.54, 1.807) is 0 Å². The average Bonchev–Trinajstić information content (AvgIpc) is 2.91. The van der Waals surface area contributed by atoms with Gasteiger partial charge in [0.05, 0.1) is 18.8 Å². The van der Waals surface area contributed by atoms with Crippen LogP contribution in [0.4, 0.5) is 0 Å². The Morgan fingerprint density at radius 1 is 0.929 bits per heavy atom. The highest BCUT2D eigenvalue weighted by Crippen LogP contribution is 2.60. The molecule has 0 aromatic heterocycles. The molecule has 0 spiro atoms. The number of carbonyl (C=O) groups is 2. The van der Waals surface area contributed by atoms with Gasteiger partial charge in [0.1, 0.15) is 6.10 Å². The quantitative estimate of drug-likeness (QED) is 0.710. The first-order valence-electron chi connectivity index (χ1n) is 10.7. The molecule has 0 amide bonds. The second-order valence-corrected chi connectivity index (χ2v) is 9.86. The van der Waals surface area contributed by atoms with Gasteiger partial charge in [0, 0.05) is 31.6 Å². The van der Waals surface area contributed by atoms with Crippen molar-refractivity contribution >= 4 is 11.9 Å². The van der Waals surface area contributed by atoms with E-state index in [4.69, 9.17) is 9.47 Å². The molecule has 28 heavy (non-hydrogen) atoms. The number of rotatable bonds is 4. The summed E-state index contributed by atoms with van der Waals surface area (Å²) in [5, 5.41) is 20.9. The molecule has 0 saturated heterocycles. The lowest BCUT2D eigenvalue weighted by Gasteiger charge is -2.56. The summed E-state index contributed by atoms with van der Waals surface area (Å²) in [7, 11) is 0. The van der Waals surface area contributed by atoms with E-state index in [1.165, 1.54) is 13.8 Å². The molecule has 8 atom stereocenters. The summed E-state index contributed by atoms with van der Waals surface area (Å²) in [5.41, 5.74) is -0.407. The van der Waals surface area contributed by atoms with Crippen LogP contribution in [0.3, 0.4) is 0 Å². The van der Waals surface area contributed by atoms with Gasteiger partial charge in [-0.3, -0.25) is 9.59 Å². The zero-order chi connectivity index (χ0) is 20.7. The maximum Gasteiger partial charge on any atom is 0.302 e. The lowest BCUT2D eigenvalue weighted by atomic mass is 9.52. The highest BCUT2D eigenvalue weighted by molar-refractivity contribution is 5.66. The van der Waals surface area contributed by atoms with E-state index >= 15 is 0 Å². The highest BCUT2D eigenvalue weighted by atomic mass is 16.5. The Bertz CT molecular complexity index is 606. The van der Waals surface area contributed by atoms with Gasteiger partial charge in [0.15, 0.2) is 0 Å². The number of aliphatic hydroxyl groups excluding tert-OH is 2. The van der Waals surface area contributed by atoms with Gasteiger partial charge in [-0.15, -0.1) is 0 Å². The first-order valence-corrected chi connectivity index (χ1v) is 10.7. The van der Waals surface area contributed by atoms with Gasteiger partial charge < -0.3 is 19.7 Å². The molecule has 160 valence electrons. The Labute approximate surface area is 168 Å². The Morgan fingerprint density at radius 2 is 1.57 bits per heavy atom. The predicted octanol–water partition coefficient (Wildman–Crippen LogP) is 2.84. The van der Waals surface area contributed by atoms with Crippen molar-refractivity contribution in [3.05, 3.63) is 0 Å². The number of hydrogen-bond donors (Lipinski definition) is 2. The van der Waals surface area contributed by atoms with E-state index in [0.717, 1.165) is 32.1 Å². The van der Waals surface area contributed by atoms with E-state index < -0.39 is 0 Å². The minimum absolute atomic E-state index is 0.0268. The third-order valence-electron chi connectivity index (χ3n) is 8.29. The third kappa shape index (κ3) is 3.82. The van der Waals surface area contributed by atoms with E-state index in [2.05, 4.69) is 13.8 Å². The summed E-state index contributed by atoms with van der Waals surface area (Å²) < 4.78 is 11.3. The topological polar surface area (TPSA) is 93.1 Å². The molecule has 0 aromatic carbocycles. The SMILES string of the molecule is CC(=O)OC[C@H]1C[C@H](O)CC[C@]1(C)C1CC[C@]2(C)C(O)CCC2[C@@H]1OC(C)=O. The van der Waals surface area contributed by atoms with Crippen LogP contribution >= 0.6 is 0 Å². The smallest absolute Gasteiger partial charge is 0.302 e. The van der Waals surface area contributed by atoms with Crippen molar-refractivity contribution in [3.8, 4) is 0 Å². The van der Waals surface area contributed by atoms with Crippen LogP contribution in [0, 0.1) is 28.6 Å². The summed E-state index contributed by atoms with van der Waals surface area (Å²) in [6.07, 6.45) is 4.51. The Hall–Kier alpha value is -1.14. The highest BCUT2D eigenvalue weighted by Gasteiger charge is 2.59. The molecule has 0 aliphatic heterocycles. The van der Waals surface area contributed by atoms with Crippen molar-refractivity contribution in [3.63, 3.8) is 0 Å². The fourth-order valence-electron chi connectivity index (χ4n) is 6.47. The molecular weight excluding hydrogens is 360 g/mol. The van der Waals surface area contributed by atoms with Crippen molar-refractivity contribution in [2.24, 2.45) is 28.6 Å². The van der Waals surface area contributed by atoms with Crippen LogP contribution in [0.15, 0.2) is 0 Å². The second kappa shape index (κ2) is 7.94. The lowest BCUT2D eigenvalue weighted by molar-refractivity contribution is -0.182. The summed E-state index contributed by atoms with van der Waals surface area (Å²) in [5.74, 6) is -0.291. The molecule has 3 unspecified atom stereocenters. The van der Waals surface area contributed by atoms with Crippen molar-refractivity contribution in [2.45, 2.75) is 91.0 Å². The number of hydrogen-bond acceptors (Lipinski definition) is 6. The molecule has 3 aliphatic carbocycles. The molecule has 6 heteroatoms. The van der Waals surface area contributed by atoms with Crippen LogP contribution in [-0.2, 0) is 19.1 Å². The summed E-state index contributed by atoms with van der Waals surface area (Å²) in [4.78, 5) is 23.4. The molecule has 2 N–H and O–H groups in total. The molecule has 3 aliphatic rings. The van der Waals surface area contributed by atoms with Crippen molar-refractivity contribution in [1.82, 2.24) is 0 Å². The second-order valence-electron chi connectivity index (χ2n) is 9.86. The van der Waals surface area contributed by atoms with Gasteiger partial charge in [-0.2, -0.15) is 0 Å². The average molecular weight is 397 g/mol. The first kappa shape index (κ1) is 21.6. The predicted molar refractivity (Wildman–Crippen MR) is 103 cm³/mol. The van der Waals surface area contributed by atoms with Crippen LogP contribution in [-0.4, -0.2) is 47.1 Å². The molecule has 0 bridgehead atoms. The van der Waals surface area contributed by atoms with Crippen LogP contribution in [0.1, 0.15) is 72.6 Å². The maximum absolute atomic E-state index is 12.0. The number of esters is 2. The van der Waals surface area contributed by atoms with E-state index in [9.17, 15) is 19.8 Å². The first-order chi connectivity index (χ1) is 13.1. The lowest BCUT2D eigenvalue weighted by Crippen LogP contribution is -2.55. The maximum atomic E-state index is 12.0. The Kier molecular flexibility index (Phi) is 6.12. The largest absolute Gasteiger partial charge is 0.466 e. The zero-order valence-electron chi connectivity index (χ0n) is 17.6. The minimum atomic E-state index is -0.386. The Morgan fingerprint density at radius 3 is 2.21 bits per heavy atom. The normalized spacial score (nSPS) is 45.9. The van der Waals surface area contributed by atoms with Gasteiger partial charge in [-0.1, -0.05) is 13.8 Å². The van der Waals surface area contributed by atoms with Gasteiger partial charge in [0.25, 0.3) is 0 Å². The number of carbonyl (C=O) groups excluding carboxylic acids is 2. The zero-order valence-corrected chi connectivity index (χ0v) is 17.6. The monoisotopic (exact) mass is 396 g/mol. The number of aliphatic hydroxyl groups is 2. The van der Waals surface area contributed by atoms with Gasteiger partial charge in [0.2, 0.25) is 0 Å². The molecule has 3 fully saturated rings. The number of fused-ring (bicyclic) bond motifs is 1. The molecular formula is C22H36O6. The molecule has 0 aromatic rings. The molecule has 6 nitrogen and oxygen atoms in total. The van der Waals surface area contributed by atoms with E-state index in [-0.39, 0.29) is 65.4 Å². The van der Waals surface area contributed by atoms with Gasteiger partial charge in [-0.05, 0) is 55.8 Å². The van der Waals surface area contributed by atoms with Crippen LogP contribution in [0.2, 0.25) is 0 Å².